The van der Waals surface area contributed by atoms with Crippen LogP contribution in [0.5, 0.6) is 0 Å². The first-order valence-corrected chi connectivity index (χ1v) is 5.14. The lowest BCUT2D eigenvalue weighted by molar-refractivity contribution is -0.133. The number of thioether (sulfide) groups is 1. The zero-order chi connectivity index (χ0) is 10.6. The molecule has 1 aliphatic heterocycles. The molecule has 0 aliphatic carbocycles. The van der Waals surface area contributed by atoms with Crippen LogP contribution in [-0.2, 0) is 9.59 Å². The predicted octanol–water partition coefficient (Wildman–Crippen LogP) is -0.644. The van der Waals surface area contributed by atoms with Crippen LogP contribution >= 0.6 is 11.8 Å². The number of imide groups is 1. The van der Waals surface area contributed by atoms with Crippen LogP contribution in [0.2, 0.25) is 0 Å². The van der Waals surface area contributed by atoms with Crippen LogP contribution in [0.25, 0.3) is 0 Å². The molecule has 1 fully saturated rings. The summed E-state index contributed by atoms with van der Waals surface area (Å²) >= 11 is 0.988. The van der Waals surface area contributed by atoms with Crippen LogP contribution in [0.1, 0.15) is 0 Å². The third-order valence-electron chi connectivity index (χ3n) is 1.61. The molecule has 0 unspecified atom stereocenters. The molecule has 1 saturated heterocycles. The first-order chi connectivity index (χ1) is 6.61. The van der Waals surface area contributed by atoms with Crippen molar-refractivity contribution < 1.29 is 19.5 Å². The van der Waals surface area contributed by atoms with Crippen LogP contribution in [0, 0.1) is 0 Å². The summed E-state index contributed by atoms with van der Waals surface area (Å²) in [5.74, 6) is -1.40. The zero-order valence-electron chi connectivity index (χ0n) is 7.36. The van der Waals surface area contributed by atoms with Crippen molar-refractivity contribution in [3.63, 3.8) is 0 Å². The van der Waals surface area contributed by atoms with E-state index in [1.54, 1.807) is 0 Å². The molecule has 1 aliphatic rings. The highest BCUT2D eigenvalue weighted by Crippen LogP contribution is 2.04. The van der Waals surface area contributed by atoms with Gasteiger partial charge in [0.15, 0.2) is 0 Å². The fraction of sp³-hybridized carbons (Fsp3) is 0.571. The van der Waals surface area contributed by atoms with E-state index < -0.39 is 12.0 Å². The first kappa shape index (κ1) is 10.8. The molecule has 7 heteroatoms. The molecule has 1 rings (SSSR count). The van der Waals surface area contributed by atoms with E-state index >= 15 is 0 Å². The number of hydrogen-bond donors (Lipinski definition) is 2. The normalized spacial score (nSPS) is 15.4. The van der Waals surface area contributed by atoms with Gasteiger partial charge in [-0.3, -0.25) is 14.5 Å². The summed E-state index contributed by atoms with van der Waals surface area (Å²) in [5, 5.41) is 10.8. The molecular formula is C7H10N2O4S. The summed E-state index contributed by atoms with van der Waals surface area (Å²) in [6.07, 6.45) is 0. The van der Waals surface area contributed by atoms with Crippen molar-refractivity contribution in [3.05, 3.63) is 0 Å². The third-order valence-corrected chi connectivity index (χ3v) is 2.51. The average Bonchev–Trinajstić information content (AvgIpc) is 2.50. The van der Waals surface area contributed by atoms with Gasteiger partial charge in [0.2, 0.25) is 5.91 Å². The van der Waals surface area contributed by atoms with Crippen molar-refractivity contribution in [3.8, 4) is 0 Å². The molecule has 0 aromatic carbocycles. The Morgan fingerprint density at radius 3 is 2.71 bits per heavy atom. The Morgan fingerprint density at radius 1 is 1.50 bits per heavy atom. The molecule has 3 amide bonds. The Morgan fingerprint density at radius 2 is 2.21 bits per heavy atom. The lowest BCUT2D eigenvalue weighted by Crippen LogP contribution is -2.35. The lowest BCUT2D eigenvalue weighted by atomic mass is 10.5. The number of urea groups is 1. The van der Waals surface area contributed by atoms with Crippen molar-refractivity contribution in [1.29, 1.82) is 0 Å². The van der Waals surface area contributed by atoms with Gasteiger partial charge in [-0.05, 0) is 0 Å². The van der Waals surface area contributed by atoms with Gasteiger partial charge >= 0.3 is 12.0 Å². The summed E-state index contributed by atoms with van der Waals surface area (Å²) in [4.78, 5) is 33.5. The number of carbonyl (C=O) groups excluding carboxylic acids is 2. The molecule has 0 saturated carbocycles. The van der Waals surface area contributed by atoms with Crippen LogP contribution in [0.3, 0.4) is 0 Å². The molecule has 0 radical (unpaired) electrons. The minimum atomic E-state index is -0.964. The second-order valence-electron chi connectivity index (χ2n) is 2.66. The van der Waals surface area contributed by atoms with Gasteiger partial charge in [-0.1, -0.05) is 0 Å². The maximum atomic E-state index is 11.3. The molecule has 0 bridgehead atoms. The van der Waals surface area contributed by atoms with Crippen molar-refractivity contribution in [2.45, 2.75) is 0 Å². The van der Waals surface area contributed by atoms with Gasteiger partial charge < -0.3 is 10.4 Å². The van der Waals surface area contributed by atoms with Crippen LogP contribution in [0.15, 0.2) is 0 Å². The smallest absolute Gasteiger partial charge is 0.324 e. The number of carboxylic acid groups (broad SMARTS) is 1. The molecule has 0 spiro atoms. The van der Waals surface area contributed by atoms with Gasteiger partial charge in [0.1, 0.15) is 0 Å². The topological polar surface area (TPSA) is 86.7 Å². The Hall–Kier alpha value is -1.24. The fourth-order valence-corrected chi connectivity index (χ4v) is 1.62. The number of carbonyl (C=O) groups is 3. The van der Waals surface area contributed by atoms with E-state index in [9.17, 15) is 14.4 Å². The minimum Gasteiger partial charge on any atom is -0.481 e. The van der Waals surface area contributed by atoms with Gasteiger partial charge in [-0.25, -0.2) is 4.79 Å². The second-order valence-corrected chi connectivity index (χ2v) is 3.65. The Kier molecular flexibility index (Phi) is 3.75. The van der Waals surface area contributed by atoms with Gasteiger partial charge in [-0.15, -0.1) is 11.8 Å². The molecule has 0 aromatic heterocycles. The van der Waals surface area contributed by atoms with Gasteiger partial charge in [0.25, 0.3) is 0 Å². The number of nitrogens with one attached hydrogen (secondary N) is 1. The number of amides is 3. The third kappa shape index (κ3) is 2.91. The second kappa shape index (κ2) is 4.85. The van der Waals surface area contributed by atoms with Crippen molar-refractivity contribution in [2.75, 3.05) is 24.6 Å². The summed E-state index contributed by atoms with van der Waals surface area (Å²) < 4.78 is 0. The molecule has 0 atom stereocenters. The number of carboxylic acids is 1. The summed E-state index contributed by atoms with van der Waals surface area (Å²) in [6.45, 7) is 0.833. The highest BCUT2D eigenvalue weighted by Gasteiger charge is 2.25. The Labute approximate surface area is 84.6 Å². The molecule has 14 heavy (non-hydrogen) atoms. The fourth-order valence-electron chi connectivity index (χ4n) is 1.01. The van der Waals surface area contributed by atoms with Crippen LogP contribution in [0.4, 0.5) is 4.79 Å². The highest BCUT2D eigenvalue weighted by molar-refractivity contribution is 8.00. The van der Waals surface area contributed by atoms with Crippen LogP contribution < -0.4 is 5.32 Å². The minimum absolute atomic E-state index is 0.0275. The number of hydrogen-bond acceptors (Lipinski definition) is 4. The largest absolute Gasteiger partial charge is 0.481 e. The van der Waals surface area contributed by atoms with Gasteiger partial charge in [0, 0.05) is 13.1 Å². The van der Waals surface area contributed by atoms with E-state index in [0.29, 0.717) is 13.1 Å². The summed E-state index contributed by atoms with van der Waals surface area (Å²) in [5.41, 5.74) is 0. The van der Waals surface area contributed by atoms with E-state index in [0.717, 1.165) is 16.7 Å². The van der Waals surface area contributed by atoms with Crippen molar-refractivity contribution in [2.24, 2.45) is 0 Å². The van der Waals surface area contributed by atoms with E-state index in [1.165, 1.54) is 0 Å². The molecule has 2 N–H and O–H groups in total. The average molecular weight is 218 g/mol. The van der Waals surface area contributed by atoms with E-state index in [4.69, 9.17) is 5.11 Å². The summed E-state index contributed by atoms with van der Waals surface area (Å²) in [6, 6.07) is -0.397. The first-order valence-electron chi connectivity index (χ1n) is 3.99. The number of nitrogens with zero attached hydrogens (tertiary/aromatic N) is 1. The highest BCUT2D eigenvalue weighted by atomic mass is 32.2. The molecule has 0 aromatic rings. The number of rotatable bonds is 4. The molecule has 6 nitrogen and oxygen atoms in total. The predicted molar refractivity (Wildman–Crippen MR) is 50.1 cm³/mol. The van der Waals surface area contributed by atoms with E-state index in [2.05, 4.69) is 5.32 Å². The Balaban J connectivity index is 2.27. The molecule has 1 heterocycles. The SMILES string of the molecule is O=C(O)CSCC(=O)N1CCNC1=O. The van der Waals surface area contributed by atoms with Gasteiger partial charge in [0.05, 0.1) is 11.5 Å². The zero-order valence-corrected chi connectivity index (χ0v) is 8.17. The quantitative estimate of drug-likeness (QED) is 0.655. The summed E-state index contributed by atoms with van der Waals surface area (Å²) in [7, 11) is 0. The van der Waals surface area contributed by atoms with E-state index in [-0.39, 0.29) is 17.4 Å². The Bertz CT molecular complexity index is 268. The van der Waals surface area contributed by atoms with Crippen molar-refractivity contribution in [1.82, 2.24) is 10.2 Å². The maximum Gasteiger partial charge on any atom is 0.324 e. The van der Waals surface area contributed by atoms with Gasteiger partial charge in [-0.2, -0.15) is 0 Å². The standard InChI is InChI=1S/C7H10N2O4S/c10-5(3-14-4-6(11)12)9-2-1-8-7(9)13/h1-4H2,(H,8,13)(H,11,12). The monoisotopic (exact) mass is 218 g/mol. The molecular weight excluding hydrogens is 208 g/mol. The van der Waals surface area contributed by atoms with Crippen molar-refractivity contribution >= 4 is 29.7 Å². The maximum absolute atomic E-state index is 11.3. The molecule has 78 valence electrons. The lowest BCUT2D eigenvalue weighted by Gasteiger charge is -2.10. The van der Waals surface area contributed by atoms with E-state index in [1.807, 2.05) is 0 Å². The van der Waals surface area contributed by atoms with Crippen LogP contribution in [-0.4, -0.2) is 52.5 Å². The number of aliphatic carboxylic acids is 1.